The van der Waals surface area contributed by atoms with Crippen LogP contribution in [0.15, 0.2) is 11.6 Å². The molecule has 8 atom stereocenters. The Kier molecular flexibility index (Phi) is 4.16. The van der Waals surface area contributed by atoms with Gasteiger partial charge in [-0.1, -0.05) is 25.5 Å². The van der Waals surface area contributed by atoms with E-state index in [-0.39, 0.29) is 23.0 Å². The van der Waals surface area contributed by atoms with Gasteiger partial charge in [0.25, 0.3) is 0 Å². The second-order valence-electron chi connectivity index (χ2n) is 10.7. The molecule has 0 aromatic carbocycles. The average molecular weight is 377 g/mol. The van der Waals surface area contributed by atoms with Gasteiger partial charge in [-0.3, -0.25) is 0 Å². The molecule has 0 aromatic rings. The Labute approximate surface area is 163 Å². The molecule has 1 heterocycles. The normalized spacial score (nSPS) is 54.0. The number of aliphatic hydroxyl groups excluding tert-OH is 2. The molecule has 4 unspecified atom stereocenters. The summed E-state index contributed by atoms with van der Waals surface area (Å²) in [6.07, 6.45) is 8.92. The van der Waals surface area contributed by atoms with Gasteiger partial charge in [-0.05, 0) is 80.5 Å². The highest BCUT2D eigenvalue weighted by molar-refractivity contribution is 5.26. The molecule has 5 rings (SSSR count). The van der Waals surface area contributed by atoms with Crippen LogP contribution in [0.25, 0.3) is 0 Å². The molecular weight excluding hydrogens is 340 g/mol. The lowest BCUT2D eigenvalue weighted by atomic mass is 9.46. The molecule has 4 fully saturated rings. The van der Waals surface area contributed by atoms with Gasteiger partial charge in [-0.15, -0.1) is 0 Å². The molecule has 0 bridgehead atoms. The van der Waals surface area contributed by atoms with Crippen molar-refractivity contribution in [2.75, 3.05) is 13.2 Å². The quantitative estimate of drug-likeness (QED) is 0.686. The van der Waals surface area contributed by atoms with E-state index >= 15 is 0 Å². The first-order valence-electron chi connectivity index (χ1n) is 11.1. The second-order valence-corrected chi connectivity index (χ2v) is 10.7. The fourth-order valence-corrected chi connectivity index (χ4v) is 8.37. The van der Waals surface area contributed by atoms with Crippen LogP contribution in [0.1, 0.15) is 65.7 Å². The van der Waals surface area contributed by atoms with Gasteiger partial charge in [0.2, 0.25) is 0 Å². The van der Waals surface area contributed by atoms with Crippen molar-refractivity contribution in [3.63, 3.8) is 0 Å². The van der Waals surface area contributed by atoms with E-state index in [1.807, 2.05) is 0 Å². The van der Waals surface area contributed by atoms with Crippen LogP contribution in [-0.4, -0.2) is 41.4 Å². The Morgan fingerprint density at radius 3 is 2.52 bits per heavy atom. The van der Waals surface area contributed by atoms with Crippen LogP contribution in [-0.2, 0) is 9.47 Å². The van der Waals surface area contributed by atoms with E-state index in [4.69, 9.17) is 9.47 Å². The predicted molar refractivity (Wildman–Crippen MR) is 103 cm³/mol. The van der Waals surface area contributed by atoms with Crippen LogP contribution < -0.4 is 0 Å². The Balaban J connectivity index is 1.49. The molecule has 3 saturated carbocycles. The minimum atomic E-state index is -0.482. The lowest BCUT2D eigenvalue weighted by molar-refractivity contribution is -0.223. The summed E-state index contributed by atoms with van der Waals surface area (Å²) in [6.45, 7) is 8.27. The molecule has 4 nitrogen and oxygen atoms in total. The second kappa shape index (κ2) is 6.04. The number of allylic oxidation sites excluding steroid dienone is 1. The average Bonchev–Trinajstić information content (AvgIpc) is 3.19. The zero-order valence-electron chi connectivity index (χ0n) is 17.1. The number of fused-ring (bicyclic) bond motifs is 5. The Morgan fingerprint density at radius 2 is 1.78 bits per heavy atom. The highest BCUT2D eigenvalue weighted by Crippen LogP contribution is 2.68. The van der Waals surface area contributed by atoms with Crippen molar-refractivity contribution in [1.82, 2.24) is 0 Å². The minimum absolute atomic E-state index is 0.0608. The largest absolute Gasteiger partial charge is 0.393 e. The van der Waals surface area contributed by atoms with E-state index in [9.17, 15) is 10.2 Å². The molecule has 5 aliphatic rings. The number of ether oxygens (including phenoxy) is 2. The summed E-state index contributed by atoms with van der Waals surface area (Å²) in [5.41, 5.74) is 1.55. The van der Waals surface area contributed by atoms with Crippen molar-refractivity contribution >= 4 is 0 Å². The third-order valence-electron chi connectivity index (χ3n) is 9.50. The lowest BCUT2D eigenvalue weighted by Crippen LogP contribution is -2.58. The Bertz CT molecular complexity index is 638. The summed E-state index contributed by atoms with van der Waals surface area (Å²) in [5.74, 6) is 1.38. The van der Waals surface area contributed by atoms with Gasteiger partial charge in [-0.2, -0.15) is 0 Å². The first-order valence-corrected chi connectivity index (χ1v) is 11.1. The van der Waals surface area contributed by atoms with Gasteiger partial charge in [0.05, 0.1) is 25.4 Å². The monoisotopic (exact) mass is 376 g/mol. The van der Waals surface area contributed by atoms with Crippen LogP contribution in [0.2, 0.25) is 0 Å². The van der Waals surface area contributed by atoms with E-state index in [1.165, 1.54) is 12.0 Å². The molecular formula is C23H36O4. The zero-order valence-corrected chi connectivity index (χ0v) is 17.1. The molecule has 0 radical (unpaired) electrons. The Hall–Kier alpha value is -0.420. The van der Waals surface area contributed by atoms with Crippen LogP contribution in [0.5, 0.6) is 0 Å². The SMILES string of the molecule is CC1([C@H]2CCC3C4CC=C5C[C@@H](O)CC[C@]5(C)C4C(O)C[C@@]32C)OCCO1. The molecule has 1 saturated heterocycles. The van der Waals surface area contributed by atoms with E-state index in [0.717, 1.165) is 38.5 Å². The fraction of sp³-hybridized carbons (Fsp3) is 0.913. The third-order valence-corrected chi connectivity index (χ3v) is 9.50. The van der Waals surface area contributed by atoms with Gasteiger partial charge in [0.15, 0.2) is 5.79 Å². The molecule has 2 N–H and O–H groups in total. The molecule has 27 heavy (non-hydrogen) atoms. The van der Waals surface area contributed by atoms with E-state index < -0.39 is 5.79 Å². The molecule has 0 amide bonds. The van der Waals surface area contributed by atoms with E-state index in [1.54, 1.807) is 0 Å². The van der Waals surface area contributed by atoms with Gasteiger partial charge >= 0.3 is 0 Å². The molecule has 152 valence electrons. The summed E-state index contributed by atoms with van der Waals surface area (Å²) in [7, 11) is 0. The summed E-state index contributed by atoms with van der Waals surface area (Å²) in [5, 5.41) is 21.6. The lowest BCUT2D eigenvalue weighted by Gasteiger charge is -2.60. The number of hydrogen-bond donors (Lipinski definition) is 2. The third kappa shape index (κ3) is 2.49. The summed E-state index contributed by atoms with van der Waals surface area (Å²) in [6, 6.07) is 0. The highest BCUT2D eigenvalue weighted by atomic mass is 16.7. The van der Waals surface area contributed by atoms with Crippen LogP contribution in [0.3, 0.4) is 0 Å². The predicted octanol–water partition coefficient (Wildman–Crippen LogP) is 3.66. The van der Waals surface area contributed by atoms with Crippen molar-refractivity contribution in [3.05, 3.63) is 11.6 Å². The molecule has 4 aliphatic carbocycles. The van der Waals surface area contributed by atoms with Gasteiger partial charge in [0, 0.05) is 5.92 Å². The maximum Gasteiger partial charge on any atom is 0.169 e. The van der Waals surface area contributed by atoms with Crippen molar-refractivity contribution in [2.24, 2.45) is 34.5 Å². The zero-order chi connectivity index (χ0) is 19.0. The minimum Gasteiger partial charge on any atom is -0.393 e. The van der Waals surface area contributed by atoms with Crippen molar-refractivity contribution in [1.29, 1.82) is 0 Å². The summed E-state index contributed by atoms with van der Waals surface area (Å²) >= 11 is 0. The van der Waals surface area contributed by atoms with Crippen LogP contribution in [0.4, 0.5) is 0 Å². The first-order chi connectivity index (χ1) is 12.8. The van der Waals surface area contributed by atoms with Crippen LogP contribution >= 0.6 is 0 Å². The fourth-order valence-electron chi connectivity index (χ4n) is 8.37. The van der Waals surface area contributed by atoms with Crippen molar-refractivity contribution < 1.29 is 19.7 Å². The maximum atomic E-state index is 11.5. The molecule has 4 heteroatoms. The highest BCUT2D eigenvalue weighted by Gasteiger charge is 2.65. The first kappa shape index (κ1) is 18.6. The molecule has 1 aliphatic heterocycles. The standard InChI is InChI=1S/C23H36O4/c1-21-9-8-15(24)12-14(21)4-5-16-17-6-7-19(23(3)26-10-11-27-23)22(17,2)13-18(25)20(16)21/h4,15-20,24-25H,5-13H2,1-3H3/t15-,16?,17?,18?,19-,20?,21-,22-/m0/s1. The summed E-state index contributed by atoms with van der Waals surface area (Å²) < 4.78 is 12.2. The van der Waals surface area contributed by atoms with Gasteiger partial charge in [0.1, 0.15) is 0 Å². The summed E-state index contributed by atoms with van der Waals surface area (Å²) in [4.78, 5) is 0. The van der Waals surface area contributed by atoms with Crippen LogP contribution in [0, 0.1) is 34.5 Å². The van der Waals surface area contributed by atoms with Gasteiger partial charge < -0.3 is 19.7 Å². The van der Waals surface area contributed by atoms with Crippen molar-refractivity contribution in [2.45, 2.75) is 83.7 Å². The van der Waals surface area contributed by atoms with E-state index in [0.29, 0.717) is 36.9 Å². The number of hydrogen-bond acceptors (Lipinski definition) is 4. The maximum absolute atomic E-state index is 11.5. The molecule has 0 spiro atoms. The van der Waals surface area contributed by atoms with E-state index in [2.05, 4.69) is 26.8 Å². The molecule has 0 aromatic heterocycles. The number of aliphatic hydroxyl groups is 2. The van der Waals surface area contributed by atoms with Gasteiger partial charge in [-0.25, -0.2) is 0 Å². The topological polar surface area (TPSA) is 58.9 Å². The smallest absolute Gasteiger partial charge is 0.169 e. The van der Waals surface area contributed by atoms with Crippen molar-refractivity contribution in [3.8, 4) is 0 Å². The Morgan fingerprint density at radius 1 is 1.04 bits per heavy atom. The number of rotatable bonds is 1.